The second-order valence-corrected chi connectivity index (χ2v) is 6.35. The van der Waals surface area contributed by atoms with Crippen molar-refractivity contribution in [1.29, 1.82) is 0 Å². The molecule has 28 heavy (non-hydrogen) atoms. The standard InChI is InChI=1S/C19H16N6O3/c26-19(24-7-9-27-10-8-24)14-3-1-13(2-4-14)18-22-17(23-28-18)15-11-21-16-12-20-5-6-25(15)16/h1-6,11-12H,7-10H2. The fraction of sp³-hybridized carbons (Fsp3) is 0.211. The molecule has 1 aliphatic rings. The lowest BCUT2D eigenvalue weighted by atomic mass is 10.1. The van der Waals surface area contributed by atoms with Crippen LogP contribution in [0.2, 0.25) is 0 Å². The molecule has 0 radical (unpaired) electrons. The van der Waals surface area contributed by atoms with Crippen LogP contribution in [-0.2, 0) is 4.74 Å². The van der Waals surface area contributed by atoms with Gasteiger partial charge in [-0.15, -0.1) is 0 Å². The van der Waals surface area contributed by atoms with Crippen molar-refractivity contribution >= 4 is 11.6 Å². The van der Waals surface area contributed by atoms with Gasteiger partial charge in [-0.1, -0.05) is 5.16 Å². The van der Waals surface area contributed by atoms with Crippen molar-refractivity contribution in [1.82, 2.24) is 29.4 Å². The van der Waals surface area contributed by atoms with Crippen molar-refractivity contribution in [2.75, 3.05) is 26.3 Å². The number of hydrogen-bond donors (Lipinski definition) is 0. The smallest absolute Gasteiger partial charge is 0.258 e. The highest BCUT2D eigenvalue weighted by atomic mass is 16.5. The molecule has 0 atom stereocenters. The van der Waals surface area contributed by atoms with Crippen LogP contribution in [0.25, 0.3) is 28.6 Å². The van der Waals surface area contributed by atoms with Crippen molar-refractivity contribution in [2.24, 2.45) is 0 Å². The predicted octanol–water partition coefficient (Wildman–Crippen LogP) is 1.92. The van der Waals surface area contributed by atoms with E-state index in [0.717, 1.165) is 5.56 Å². The average molecular weight is 376 g/mol. The van der Waals surface area contributed by atoms with Gasteiger partial charge in [0.05, 0.1) is 25.6 Å². The van der Waals surface area contributed by atoms with Gasteiger partial charge in [0, 0.05) is 36.6 Å². The summed E-state index contributed by atoms with van der Waals surface area (Å²) >= 11 is 0. The Morgan fingerprint density at radius 1 is 1.07 bits per heavy atom. The lowest BCUT2D eigenvalue weighted by Crippen LogP contribution is -2.40. The molecule has 0 aliphatic carbocycles. The van der Waals surface area contributed by atoms with Crippen LogP contribution in [0.3, 0.4) is 0 Å². The van der Waals surface area contributed by atoms with Crippen LogP contribution in [0, 0.1) is 0 Å². The summed E-state index contributed by atoms with van der Waals surface area (Å²) in [7, 11) is 0. The number of morpholine rings is 1. The monoisotopic (exact) mass is 376 g/mol. The second kappa shape index (κ2) is 6.86. The Morgan fingerprint density at radius 3 is 2.71 bits per heavy atom. The zero-order valence-corrected chi connectivity index (χ0v) is 14.9. The van der Waals surface area contributed by atoms with E-state index in [1.165, 1.54) is 0 Å². The van der Waals surface area contributed by atoms with E-state index in [9.17, 15) is 4.79 Å². The minimum atomic E-state index is 0.000377. The maximum atomic E-state index is 12.5. The first-order valence-corrected chi connectivity index (χ1v) is 8.88. The van der Waals surface area contributed by atoms with Crippen LogP contribution in [0.5, 0.6) is 0 Å². The number of carbonyl (C=O) groups is 1. The van der Waals surface area contributed by atoms with Crippen LogP contribution < -0.4 is 0 Å². The Hall–Kier alpha value is -3.59. The van der Waals surface area contributed by atoms with Crippen molar-refractivity contribution in [2.45, 2.75) is 0 Å². The number of benzene rings is 1. The summed E-state index contributed by atoms with van der Waals surface area (Å²) in [6.07, 6.45) is 6.80. The molecule has 4 aromatic rings. The summed E-state index contributed by atoms with van der Waals surface area (Å²) in [5, 5.41) is 4.06. The molecule has 0 saturated carbocycles. The van der Waals surface area contributed by atoms with Crippen molar-refractivity contribution in [3.8, 4) is 23.0 Å². The number of ether oxygens (including phenoxy) is 1. The Morgan fingerprint density at radius 2 is 1.89 bits per heavy atom. The second-order valence-electron chi connectivity index (χ2n) is 6.35. The molecule has 0 unspecified atom stereocenters. The molecule has 1 aromatic carbocycles. The number of amides is 1. The molecule has 4 heterocycles. The third-order valence-electron chi connectivity index (χ3n) is 4.65. The van der Waals surface area contributed by atoms with Crippen LogP contribution in [-0.4, -0.2) is 61.6 Å². The summed E-state index contributed by atoms with van der Waals surface area (Å²) in [6.45, 7) is 2.38. The molecule has 1 saturated heterocycles. The van der Waals surface area contributed by atoms with Crippen LogP contribution in [0.15, 0.2) is 53.6 Å². The van der Waals surface area contributed by atoms with E-state index in [4.69, 9.17) is 9.26 Å². The highest BCUT2D eigenvalue weighted by Gasteiger charge is 2.19. The summed E-state index contributed by atoms with van der Waals surface area (Å²) in [5.41, 5.74) is 2.79. The Labute approximate surface area is 159 Å². The Kier molecular flexibility index (Phi) is 4.06. The first kappa shape index (κ1) is 16.6. The van der Waals surface area contributed by atoms with E-state index >= 15 is 0 Å². The normalized spacial score (nSPS) is 14.5. The van der Waals surface area contributed by atoms with Crippen LogP contribution in [0.1, 0.15) is 10.4 Å². The lowest BCUT2D eigenvalue weighted by molar-refractivity contribution is 0.0303. The van der Waals surface area contributed by atoms with Crippen molar-refractivity contribution < 1.29 is 14.1 Å². The van der Waals surface area contributed by atoms with E-state index in [0.29, 0.717) is 54.9 Å². The van der Waals surface area contributed by atoms with Crippen molar-refractivity contribution in [3.63, 3.8) is 0 Å². The van der Waals surface area contributed by atoms with Gasteiger partial charge in [0.25, 0.3) is 11.8 Å². The number of aromatic nitrogens is 5. The fourth-order valence-corrected chi connectivity index (χ4v) is 3.16. The summed E-state index contributed by atoms with van der Waals surface area (Å²) < 4.78 is 12.5. The molecule has 3 aromatic heterocycles. The van der Waals surface area contributed by atoms with Crippen LogP contribution >= 0.6 is 0 Å². The Balaban J connectivity index is 1.39. The van der Waals surface area contributed by atoms with Gasteiger partial charge in [-0.25, -0.2) is 4.98 Å². The van der Waals surface area contributed by atoms with Gasteiger partial charge in [0.1, 0.15) is 5.69 Å². The number of carbonyl (C=O) groups excluding carboxylic acids is 1. The van der Waals surface area contributed by atoms with E-state index in [2.05, 4.69) is 20.1 Å². The Bertz CT molecular complexity index is 1130. The number of hydrogen-bond acceptors (Lipinski definition) is 7. The number of fused-ring (bicyclic) bond motifs is 1. The predicted molar refractivity (Wildman–Crippen MR) is 98.4 cm³/mol. The molecule has 5 rings (SSSR count). The maximum absolute atomic E-state index is 12.5. The molecular formula is C19H16N6O3. The molecule has 0 spiro atoms. The largest absolute Gasteiger partial charge is 0.378 e. The third kappa shape index (κ3) is 2.91. The quantitative estimate of drug-likeness (QED) is 0.539. The number of imidazole rings is 1. The fourth-order valence-electron chi connectivity index (χ4n) is 3.16. The number of nitrogens with zero attached hydrogens (tertiary/aromatic N) is 6. The minimum Gasteiger partial charge on any atom is -0.378 e. The minimum absolute atomic E-state index is 0.000377. The van der Waals surface area contributed by atoms with Gasteiger partial charge in [0.2, 0.25) is 5.82 Å². The molecule has 0 bridgehead atoms. The number of rotatable bonds is 3. The summed E-state index contributed by atoms with van der Waals surface area (Å²) in [4.78, 5) is 27.1. The maximum Gasteiger partial charge on any atom is 0.258 e. The lowest BCUT2D eigenvalue weighted by Gasteiger charge is -2.26. The molecule has 9 nitrogen and oxygen atoms in total. The SMILES string of the molecule is O=C(c1ccc(-c2nc(-c3cnc4cnccn34)no2)cc1)N1CCOCC1. The van der Waals surface area contributed by atoms with Gasteiger partial charge in [-0.2, -0.15) is 4.98 Å². The first-order valence-electron chi connectivity index (χ1n) is 8.88. The van der Waals surface area contributed by atoms with E-state index < -0.39 is 0 Å². The average Bonchev–Trinajstić information content (AvgIpc) is 3.41. The molecule has 140 valence electrons. The van der Waals surface area contributed by atoms with Gasteiger partial charge >= 0.3 is 0 Å². The van der Waals surface area contributed by atoms with Crippen molar-refractivity contribution in [3.05, 3.63) is 54.6 Å². The van der Waals surface area contributed by atoms with Crippen LogP contribution in [0.4, 0.5) is 0 Å². The van der Waals surface area contributed by atoms with Gasteiger partial charge in [-0.3, -0.25) is 14.2 Å². The highest BCUT2D eigenvalue weighted by molar-refractivity contribution is 5.94. The topological polar surface area (TPSA) is 98.7 Å². The molecule has 9 heteroatoms. The molecular weight excluding hydrogens is 360 g/mol. The molecule has 0 N–H and O–H groups in total. The summed E-state index contributed by atoms with van der Waals surface area (Å²) in [5.74, 6) is 0.812. The highest BCUT2D eigenvalue weighted by Crippen LogP contribution is 2.23. The van der Waals surface area contributed by atoms with E-state index in [-0.39, 0.29) is 5.91 Å². The molecule has 1 aliphatic heterocycles. The summed E-state index contributed by atoms with van der Waals surface area (Å²) in [6, 6.07) is 7.17. The van der Waals surface area contributed by atoms with Gasteiger partial charge in [-0.05, 0) is 24.3 Å². The molecule has 1 amide bonds. The third-order valence-corrected chi connectivity index (χ3v) is 4.65. The van der Waals surface area contributed by atoms with Gasteiger partial charge < -0.3 is 14.2 Å². The first-order chi connectivity index (χ1) is 13.8. The van der Waals surface area contributed by atoms with E-state index in [1.54, 1.807) is 41.8 Å². The molecule has 1 fully saturated rings. The van der Waals surface area contributed by atoms with E-state index in [1.807, 2.05) is 16.5 Å². The van der Waals surface area contributed by atoms with Gasteiger partial charge in [0.15, 0.2) is 5.65 Å². The zero-order chi connectivity index (χ0) is 18.9. The zero-order valence-electron chi connectivity index (χ0n) is 14.9.